The van der Waals surface area contributed by atoms with Crippen molar-refractivity contribution in [2.45, 2.75) is 4.90 Å². The maximum Gasteiger partial charge on any atom is 0.294 e. The molecule has 0 fully saturated rings. The number of hydrogen-bond donors (Lipinski definition) is 1. The molecule has 6 heteroatoms. The molecule has 1 aromatic carbocycles. The Bertz CT molecular complexity index is 507. The molecule has 5 nitrogen and oxygen atoms in total. The first-order valence-corrected chi connectivity index (χ1v) is 6.13. The zero-order valence-corrected chi connectivity index (χ0v) is 9.55. The second-order valence-corrected chi connectivity index (χ2v) is 5.06. The van der Waals surface area contributed by atoms with Gasteiger partial charge in [0.2, 0.25) is 0 Å². The molecule has 2 rings (SSSR count). The molecule has 16 heavy (non-hydrogen) atoms. The van der Waals surface area contributed by atoms with E-state index in [-0.39, 0.29) is 4.90 Å². The summed E-state index contributed by atoms with van der Waals surface area (Å²) in [7, 11) is -2.15. The van der Waals surface area contributed by atoms with E-state index in [9.17, 15) is 8.42 Å². The van der Waals surface area contributed by atoms with Gasteiger partial charge in [-0.1, -0.05) is 0 Å². The van der Waals surface area contributed by atoms with Gasteiger partial charge in [-0.15, -0.1) is 0 Å². The topological polar surface area (TPSA) is 60.9 Å². The Balaban J connectivity index is 2.24. The van der Waals surface area contributed by atoms with Gasteiger partial charge in [0.1, 0.15) is 0 Å². The first kappa shape index (κ1) is 11.0. The van der Waals surface area contributed by atoms with E-state index in [1.165, 1.54) is 12.1 Å². The summed E-state index contributed by atoms with van der Waals surface area (Å²) in [6, 6.07) is 6.09. The summed E-state index contributed by atoms with van der Waals surface area (Å²) in [5, 5.41) is 0. The van der Waals surface area contributed by atoms with Crippen molar-refractivity contribution in [2.24, 2.45) is 0 Å². The predicted molar refractivity (Wildman–Crippen MR) is 60.5 cm³/mol. The minimum absolute atomic E-state index is 0.0900. The summed E-state index contributed by atoms with van der Waals surface area (Å²) < 4.78 is 30.5. The van der Waals surface area contributed by atoms with Crippen molar-refractivity contribution in [3.8, 4) is 0 Å². The summed E-state index contributed by atoms with van der Waals surface area (Å²) in [6.45, 7) is 0.727. The Morgan fingerprint density at radius 1 is 1.19 bits per heavy atom. The average Bonchev–Trinajstić information content (AvgIpc) is 2.64. The molecule has 0 atom stereocenters. The summed E-state index contributed by atoms with van der Waals surface area (Å²) in [4.78, 5) is 3.87. The van der Waals surface area contributed by atoms with Gasteiger partial charge in [-0.25, -0.2) is 0 Å². The van der Waals surface area contributed by atoms with Crippen LogP contribution in [0.2, 0.25) is 0 Å². The molecule has 0 unspecified atom stereocenters. The van der Waals surface area contributed by atoms with Crippen LogP contribution in [0.15, 0.2) is 41.6 Å². The maximum atomic E-state index is 10.8. The van der Waals surface area contributed by atoms with Gasteiger partial charge in [-0.2, -0.15) is 8.42 Å². The number of nitrogens with zero attached hydrogens (tertiary/aromatic N) is 2. The highest BCUT2D eigenvalue weighted by atomic mass is 32.2. The van der Waals surface area contributed by atoms with Gasteiger partial charge >= 0.3 is 0 Å². The largest absolute Gasteiger partial charge is 0.361 e. The highest BCUT2D eigenvalue weighted by Crippen LogP contribution is 2.20. The summed E-state index contributed by atoms with van der Waals surface area (Å²) >= 11 is 0. The Kier molecular flexibility index (Phi) is 2.61. The van der Waals surface area contributed by atoms with Gasteiger partial charge in [0.05, 0.1) is 11.6 Å². The van der Waals surface area contributed by atoms with E-state index >= 15 is 0 Å². The summed E-state index contributed by atoms with van der Waals surface area (Å²) in [6.07, 6.45) is 3.83. The van der Waals surface area contributed by atoms with Crippen LogP contribution in [0.1, 0.15) is 0 Å². The lowest BCUT2D eigenvalue weighted by atomic mass is 10.3. The molecule has 86 valence electrons. The highest BCUT2D eigenvalue weighted by molar-refractivity contribution is 7.85. The zero-order chi connectivity index (χ0) is 11.8. The molecule has 1 aliphatic rings. The molecule has 0 aromatic heterocycles. The smallest absolute Gasteiger partial charge is 0.294 e. The molecular weight excluding hydrogens is 228 g/mol. The molecule has 0 radical (unpaired) electrons. The molecule has 0 amide bonds. The molecule has 0 bridgehead atoms. The fourth-order valence-corrected chi connectivity index (χ4v) is 1.99. The van der Waals surface area contributed by atoms with Crippen molar-refractivity contribution >= 4 is 15.8 Å². The normalized spacial score (nSPS) is 15.9. The van der Waals surface area contributed by atoms with Crippen LogP contribution < -0.4 is 4.90 Å². The van der Waals surface area contributed by atoms with E-state index in [4.69, 9.17) is 4.55 Å². The highest BCUT2D eigenvalue weighted by Gasteiger charge is 2.13. The van der Waals surface area contributed by atoms with E-state index in [2.05, 4.69) is 0 Å². The lowest BCUT2D eigenvalue weighted by molar-refractivity contribution is 0.483. The predicted octanol–water partition coefficient (Wildman–Crippen LogP) is 1.11. The third-order valence-corrected chi connectivity index (χ3v) is 3.21. The lowest BCUT2D eigenvalue weighted by Gasteiger charge is -2.18. The van der Waals surface area contributed by atoms with Crippen LogP contribution in [0.4, 0.5) is 5.69 Å². The van der Waals surface area contributed by atoms with Gasteiger partial charge in [-0.05, 0) is 24.3 Å². The number of anilines is 1. The Hall–Kier alpha value is -1.53. The van der Waals surface area contributed by atoms with E-state index in [1.54, 1.807) is 12.1 Å². The molecule has 1 aromatic rings. The number of rotatable bonds is 2. The van der Waals surface area contributed by atoms with Crippen LogP contribution in [-0.2, 0) is 10.1 Å². The first-order chi connectivity index (χ1) is 7.47. The van der Waals surface area contributed by atoms with Crippen molar-refractivity contribution in [1.29, 1.82) is 0 Å². The van der Waals surface area contributed by atoms with Gasteiger partial charge in [0.25, 0.3) is 10.1 Å². The Morgan fingerprint density at radius 3 is 2.25 bits per heavy atom. The summed E-state index contributed by atoms with van der Waals surface area (Å²) in [5.74, 6) is 0. The van der Waals surface area contributed by atoms with E-state index in [0.29, 0.717) is 0 Å². The number of hydrogen-bond acceptors (Lipinski definition) is 4. The van der Waals surface area contributed by atoms with E-state index < -0.39 is 10.1 Å². The zero-order valence-electron chi connectivity index (χ0n) is 8.74. The maximum absolute atomic E-state index is 10.8. The van der Waals surface area contributed by atoms with Crippen molar-refractivity contribution < 1.29 is 13.0 Å². The second kappa shape index (κ2) is 3.80. The molecule has 0 saturated carbocycles. The van der Waals surface area contributed by atoms with Crippen LogP contribution in [0, 0.1) is 0 Å². The first-order valence-electron chi connectivity index (χ1n) is 4.69. The number of benzene rings is 1. The lowest BCUT2D eigenvalue weighted by Crippen LogP contribution is -2.21. The third kappa shape index (κ3) is 2.17. The minimum Gasteiger partial charge on any atom is -0.361 e. The van der Waals surface area contributed by atoms with Crippen molar-refractivity contribution in [1.82, 2.24) is 4.90 Å². The van der Waals surface area contributed by atoms with Crippen molar-refractivity contribution in [2.75, 3.05) is 18.6 Å². The van der Waals surface area contributed by atoms with Crippen LogP contribution in [-0.4, -0.2) is 31.6 Å². The van der Waals surface area contributed by atoms with Crippen LogP contribution in [0.5, 0.6) is 0 Å². The molecule has 1 heterocycles. The molecule has 0 saturated heterocycles. The second-order valence-electron chi connectivity index (χ2n) is 3.64. The van der Waals surface area contributed by atoms with Crippen molar-refractivity contribution in [3.63, 3.8) is 0 Å². The fraction of sp³-hybridized carbons (Fsp3) is 0.200. The summed E-state index contributed by atoms with van der Waals surface area (Å²) in [5.41, 5.74) is 0.882. The van der Waals surface area contributed by atoms with E-state index in [1.807, 2.05) is 29.2 Å². The standard InChI is InChI=1S/C10H12N2O3S/c1-11-6-7-12(8-11)9-2-4-10(5-3-9)16(13,14)15/h2-7H,8H2,1H3,(H,13,14,15). The molecule has 1 N–H and O–H groups in total. The Morgan fingerprint density at radius 2 is 1.81 bits per heavy atom. The SMILES string of the molecule is CN1C=CN(c2ccc(S(=O)(=O)O)cc2)C1. The molecule has 0 aliphatic carbocycles. The molecule has 1 aliphatic heterocycles. The van der Waals surface area contributed by atoms with Crippen molar-refractivity contribution in [3.05, 3.63) is 36.7 Å². The van der Waals surface area contributed by atoms with Gasteiger partial charge in [0.15, 0.2) is 0 Å². The Labute approximate surface area is 94.3 Å². The van der Waals surface area contributed by atoms with Gasteiger partial charge in [0, 0.05) is 25.1 Å². The van der Waals surface area contributed by atoms with Crippen LogP contribution in [0.3, 0.4) is 0 Å². The van der Waals surface area contributed by atoms with Gasteiger partial charge < -0.3 is 9.80 Å². The average molecular weight is 240 g/mol. The third-order valence-electron chi connectivity index (χ3n) is 2.34. The van der Waals surface area contributed by atoms with E-state index in [0.717, 1.165) is 12.4 Å². The molecule has 0 spiro atoms. The molecular formula is C10H12N2O3S. The fourth-order valence-electron chi connectivity index (χ4n) is 1.51. The minimum atomic E-state index is -4.10. The van der Waals surface area contributed by atoms with Crippen LogP contribution in [0.25, 0.3) is 0 Å². The monoisotopic (exact) mass is 240 g/mol. The van der Waals surface area contributed by atoms with Crippen LogP contribution >= 0.6 is 0 Å². The quantitative estimate of drug-likeness (QED) is 0.785. The van der Waals surface area contributed by atoms with Gasteiger partial charge in [-0.3, -0.25) is 4.55 Å².